The molecule has 1 N–H and O–H groups in total. The Labute approximate surface area is 97.7 Å². The maximum absolute atomic E-state index is 14.3. The molecule has 1 aromatic rings. The van der Waals surface area contributed by atoms with Crippen LogP contribution in [-0.4, -0.2) is 9.94 Å². The van der Waals surface area contributed by atoms with Crippen LogP contribution < -0.4 is 5.56 Å². The molecule has 3 nitrogen and oxygen atoms in total. The van der Waals surface area contributed by atoms with Gasteiger partial charge < -0.3 is 5.21 Å². The summed E-state index contributed by atoms with van der Waals surface area (Å²) in [5.74, 6) is -1.24. The second-order valence-electron chi connectivity index (χ2n) is 4.19. The predicted octanol–water partition coefficient (Wildman–Crippen LogP) is 2.58. The van der Waals surface area contributed by atoms with Gasteiger partial charge in [-0.3, -0.25) is 4.79 Å². The van der Waals surface area contributed by atoms with Gasteiger partial charge in [-0.1, -0.05) is 19.3 Å². The fourth-order valence-electron chi connectivity index (χ4n) is 2.29. The fourth-order valence-corrected chi connectivity index (χ4v) is 2.29. The molecular formula is C12H16FNO2. The zero-order valence-corrected chi connectivity index (χ0v) is 8.87. The summed E-state index contributed by atoms with van der Waals surface area (Å²) < 4.78 is 36.5. The zero-order valence-electron chi connectivity index (χ0n) is 11.9. The van der Waals surface area contributed by atoms with Crippen molar-refractivity contribution in [3.63, 3.8) is 0 Å². The summed E-state index contributed by atoms with van der Waals surface area (Å²) in [5, 5.41) is 9.74. The van der Waals surface area contributed by atoms with Gasteiger partial charge in [-0.05, 0) is 25.3 Å². The van der Waals surface area contributed by atoms with E-state index in [1.165, 1.54) is 0 Å². The first-order chi connectivity index (χ1) is 8.95. The third-order valence-corrected chi connectivity index (χ3v) is 3.12. The molecule has 1 aromatic heterocycles. The van der Waals surface area contributed by atoms with Gasteiger partial charge in [0.2, 0.25) is 0 Å². The molecule has 4 heteroatoms. The van der Waals surface area contributed by atoms with Crippen LogP contribution in [0.15, 0.2) is 10.8 Å². The van der Waals surface area contributed by atoms with Crippen LogP contribution in [0.25, 0.3) is 0 Å². The number of aromatic nitrogens is 1. The van der Waals surface area contributed by atoms with Crippen molar-refractivity contribution < 1.29 is 13.7 Å². The van der Waals surface area contributed by atoms with E-state index in [0.29, 0.717) is 12.8 Å². The minimum atomic E-state index is -1.75. The molecule has 16 heavy (non-hydrogen) atoms. The van der Waals surface area contributed by atoms with E-state index < -0.39 is 29.9 Å². The molecule has 0 amide bonds. The first-order valence-corrected chi connectivity index (χ1v) is 5.43. The SMILES string of the molecule is [2H]c1c(C([2H])[2H])c(F)c(C2CCCCC2)n(O)c1=O. The Balaban J connectivity index is 2.62. The van der Waals surface area contributed by atoms with Gasteiger partial charge >= 0.3 is 0 Å². The van der Waals surface area contributed by atoms with E-state index in [4.69, 9.17) is 4.11 Å². The average Bonchev–Trinajstić information content (AvgIpc) is 2.37. The van der Waals surface area contributed by atoms with E-state index in [1.54, 1.807) is 0 Å². The summed E-state index contributed by atoms with van der Waals surface area (Å²) in [4.78, 5) is 11.7. The van der Waals surface area contributed by atoms with Gasteiger partial charge in [-0.25, -0.2) is 4.39 Å². The van der Waals surface area contributed by atoms with E-state index in [1.807, 2.05) is 0 Å². The van der Waals surface area contributed by atoms with Crippen molar-refractivity contribution in [3.8, 4) is 0 Å². The summed E-state index contributed by atoms with van der Waals surface area (Å²) >= 11 is 0. The topological polar surface area (TPSA) is 42.2 Å². The highest BCUT2D eigenvalue weighted by Crippen LogP contribution is 2.33. The molecule has 1 aliphatic carbocycles. The molecule has 0 unspecified atom stereocenters. The Morgan fingerprint density at radius 3 is 2.88 bits per heavy atom. The lowest BCUT2D eigenvalue weighted by Gasteiger charge is -2.23. The molecule has 0 spiro atoms. The van der Waals surface area contributed by atoms with Gasteiger partial charge in [0.1, 0.15) is 11.5 Å². The first kappa shape index (κ1) is 7.87. The van der Waals surface area contributed by atoms with Crippen LogP contribution in [0.2, 0.25) is 0 Å². The Hall–Kier alpha value is -1.32. The van der Waals surface area contributed by atoms with Crippen molar-refractivity contribution in [2.75, 3.05) is 0 Å². The largest absolute Gasteiger partial charge is 0.425 e. The fraction of sp³-hybridized carbons (Fsp3) is 0.583. The van der Waals surface area contributed by atoms with Crippen molar-refractivity contribution in [3.05, 3.63) is 33.5 Å². The first-order valence-electron chi connectivity index (χ1n) is 7.09. The molecule has 0 aromatic carbocycles. The predicted molar refractivity (Wildman–Crippen MR) is 58.4 cm³/mol. The zero-order chi connectivity index (χ0) is 14.2. The Morgan fingerprint density at radius 1 is 1.56 bits per heavy atom. The summed E-state index contributed by atoms with van der Waals surface area (Å²) in [6, 6.07) is -0.811. The quantitative estimate of drug-likeness (QED) is 0.751. The van der Waals surface area contributed by atoms with E-state index in [9.17, 15) is 14.4 Å². The molecule has 0 atom stereocenters. The maximum atomic E-state index is 14.3. The molecule has 0 aliphatic heterocycles. The van der Waals surface area contributed by atoms with Gasteiger partial charge in [0, 0.05) is 14.7 Å². The van der Waals surface area contributed by atoms with E-state index in [-0.39, 0.29) is 16.3 Å². The molecule has 2 rings (SSSR count). The highest BCUT2D eigenvalue weighted by atomic mass is 19.1. The van der Waals surface area contributed by atoms with E-state index >= 15 is 0 Å². The second-order valence-corrected chi connectivity index (χ2v) is 4.19. The molecule has 0 saturated heterocycles. The Bertz CT molecular complexity index is 539. The van der Waals surface area contributed by atoms with Crippen LogP contribution in [0.3, 0.4) is 0 Å². The van der Waals surface area contributed by atoms with Crippen LogP contribution in [0.4, 0.5) is 4.39 Å². The van der Waals surface area contributed by atoms with E-state index in [2.05, 4.69) is 0 Å². The van der Waals surface area contributed by atoms with Crippen LogP contribution >= 0.6 is 0 Å². The molecular weight excluding hydrogens is 209 g/mol. The number of rotatable bonds is 1. The van der Waals surface area contributed by atoms with Crippen molar-refractivity contribution >= 4 is 0 Å². The minimum Gasteiger partial charge on any atom is -0.425 e. The second kappa shape index (κ2) is 4.28. The normalized spacial score (nSPS) is 20.5. The third-order valence-electron chi connectivity index (χ3n) is 3.12. The Morgan fingerprint density at radius 2 is 2.25 bits per heavy atom. The lowest BCUT2D eigenvalue weighted by molar-refractivity contribution is 0.151. The molecule has 1 saturated carbocycles. The monoisotopic (exact) mass is 228 g/mol. The van der Waals surface area contributed by atoms with Gasteiger partial charge in [0.05, 0.1) is 1.37 Å². The van der Waals surface area contributed by atoms with Gasteiger partial charge in [0.25, 0.3) is 5.56 Å². The minimum absolute atomic E-state index is 0.166. The van der Waals surface area contributed by atoms with Crippen LogP contribution in [0, 0.1) is 12.7 Å². The highest BCUT2D eigenvalue weighted by Gasteiger charge is 2.24. The molecule has 1 fully saturated rings. The summed E-state index contributed by atoms with van der Waals surface area (Å²) in [6.07, 6.45) is 4.14. The number of nitrogens with zero attached hydrogens (tertiary/aromatic N) is 1. The summed E-state index contributed by atoms with van der Waals surface area (Å²) in [5.41, 5.74) is -1.77. The van der Waals surface area contributed by atoms with Gasteiger partial charge in [-0.2, -0.15) is 0 Å². The lowest BCUT2D eigenvalue weighted by Crippen LogP contribution is -2.26. The third kappa shape index (κ3) is 1.84. The van der Waals surface area contributed by atoms with E-state index in [0.717, 1.165) is 19.3 Å². The molecule has 0 radical (unpaired) electrons. The number of hydrogen-bond donors (Lipinski definition) is 1. The van der Waals surface area contributed by atoms with Crippen molar-refractivity contribution in [2.45, 2.75) is 44.9 Å². The maximum Gasteiger partial charge on any atom is 0.283 e. The van der Waals surface area contributed by atoms with Crippen LogP contribution in [0.1, 0.15) is 53.4 Å². The average molecular weight is 228 g/mol. The summed E-state index contributed by atoms with van der Waals surface area (Å²) in [7, 11) is 0. The van der Waals surface area contributed by atoms with Crippen molar-refractivity contribution in [2.24, 2.45) is 0 Å². The van der Waals surface area contributed by atoms with Gasteiger partial charge in [-0.15, -0.1) is 4.73 Å². The standard InChI is InChI=1S/C12H16FNO2/c1-8-7-10(15)14(16)12(11(8)13)9-5-3-2-4-6-9/h7,9,16H,2-6H2,1H3/i1D2,7D. The van der Waals surface area contributed by atoms with Gasteiger partial charge in [0.15, 0.2) is 0 Å². The van der Waals surface area contributed by atoms with Crippen molar-refractivity contribution in [1.82, 2.24) is 4.73 Å². The van der Waals surface area contributed by atoms with Crippen LogP contribution in [0.5, 0.6) is 0 Å². The van der Waals surface area contributed by atoms with Crippen molar-refractivity contribution in [1.29, 1.82) is 0 Å². The lowest BCUT2D eigenvalue weighted by atomic mass is 9.86. The molecule has 88 valence electrons. The molecule has 1 aliphatic rings. The van der Waals surface area contributed by atoms with Crippen LogP contribution in [-0.2, 0) is 0 Å². The summed E-state index contributed by atoms with van der Waals surface area (Å²) in [6.45, 7) is -1.75. The number of halogens is 1. The molecule has 0 bridgehead atoms. The Kier molecular flexibility index (Phi) is 2.10. The molecule has 1 heterocycles. The highest BCUT2D eigenvalue weighted by molar-refractivity contribution is 5.22. The smallest absolute Gasteiger partial charge is 0.283 e. The number of pyridine rings is 1. The number of hydrogen-bond acceptors (Lipinski definition) is 2.